The summed E-state index contributed by atoms with van der Waals surface area (Å²) in [7, 11) is 0. The van der Waals surface area contributed by atoms with E-state index in [1.54, 1.807) is 0 Å². The average molecular weight is 501 g/mol. The Bertz CT molecular complexity index is 888. The molecule has 2 aromatic heterocycles. The van der Waals surface area contributed by atoms with Crippen molar-refractivity contribution in [1.82, 2.24) is 9.97 Å². The number of rotatable bonds is 4. The molecular weight excluding hydrogens is 484 g/mol. The van der Waals surface area contributed by atoms with Crippen LogP contribution in [0.3, 0.4) is 0 Å². The molecule has 0 fully saturated rings. The van der Waals surface area contributed by atoms with Crippen molar-refractivity contribution >= 4 is 8.15 Å². The quantitative estimate of drug-likeness (QED) is 0.426. The first kappa shape index (κ1) is 15.9. The molecule has 0 atom stereocenters. The summed E-state index contributed by atoms with van der Waals surface area (Å²) in [6.07, 6.45) is 3.71. The Morgan fingerprint density at radius 1 is 0.480 bits per heavy atom. The molecule has 0 N–H and O–H groups in total. The zero-order valence-corrected chi connectivity index (χ0v) is 15.9. The molecular formula is C22H16IrN2-. The first-order valence-corrected chi connectivity index (χ1v) is 10.4. The summed E-state index contributed by atoms with van der Waals surface area (Å²) >= 11 is -0.509. The molecule has 0 spiro atoms. The minimum atomic E-state index is -0.509. The van der Waals surface area contributed by atoms with Gasteiger partial charge in [-0.15, -0.1) is 0 Å². The minimum absolute atomic E-state index is 0.509. The molecule has 4 rings (SSSR count). The SMILES string of the molecule is c1ccc(-c2cccc[c]2[Ir-][c]2ccccc2-c2ccccn2)nc1. The Kier molecular flexibility index (Phi) is 4.78. The Hall–Kier alpha value is -2.61. The fourth-order valence-electron chi connectivity index (χ4n) is 2.60. The van der Waals surface area contributed by atoms with Gasteiger partial charge in [-0.25, -0.2) is 0 Å². The standard InChI is InChI=1S/2C11H8N.Ir/c2*1-2-6-10(7-3-1)11-8-4-5-9-12-11;/h2*1-6,8-9H;/q;;-1. The molecule has 0 radical (unpaired) electrons. The van der Waals surface area contributed by atoms with E-state index in [4.69, 9.17) is 0 Å². The number of pyridine rings is 2. The second-order valence-electron chi connectivity index (χ2n) is 5.42. The van der Waals surface area contributed by atoms with Gasteiger partial charge >= 0.3 is 156 Å². The van der Waals surface area contributed by atoms with Crippen LogP contribution >= 0.6 is 0 Å². The molecule has 0 saturated heterocycles. The molecule has 0 aliphatic heterocycles. The summed E-state index contributed by atoms with van der Waals surface area (Å²) in [4.78, 5) is 9.08. The van der Waals surface area contributed by atoms with Crippen LogP contribution in [-0.4, -0.2) is 9.97 Å². The van der Waals surface area contributed by atoms with E-state index < -0.39 is 17.7 Å². The van der Waals surface area contributed by atoms with Crippen LogP contribution in [0.25, 0.3) is 22.5 Å². The van der Waals surface area contributed by atoms with Crippen molar-refractivity contribution in [3.63, 3.8) is 0 Å². The van der Waals surface area contributed by atoms with Gasteiger partial charge in [0.1, 0.15) is 0 Å². The summed E-state index contributed by atoms with van der Waals surface area (Å²) in [5.41, 5.74) is 4.55. The fourth-order valence-corrected chi connectivity index (χ4v) is 5.81. The molecule has 0 unspecified atom stereocenters. The summed E-state index contributed by atoms with van der Waals surface area (Å²) in [6.45, 7) is 0. The Morgan fingerprint density at radius 3 is 1.36 bits per heavy atom. The third kappa shape index (κ3) is 3.58. The molecule has 2 heterocycles. The van der Waals surface area contributed by atoms with Crippen LogP contribution in [0.4, 0.5) is 0 Å². The summed E-state index contributed by atoms with van der Waals surface area (Å²) in [6, 6.07) is 29.4. The Balaban J connectivity index is 1.76. The van der Waals surface area contributed by atoms with Crippen LogP contribution in [0.5, 0.6) is 0 Å². The van der Waals surface area contributed by atoms with Gasteiger partial charge in [0.05, 0.1) is 0 Å². The van der Waals surface area contributed by atoms with Crippen molar-refractivity contribution in [2.24, 2.45) is 0 Å². The number of hydrogen-bond donors (Lipinski definition) is 0. The normalized spacial score (nSPS) is 10.7. The molecule has 0 aliphatic carbocycles. The molecule has 0 amide bonds. The van der Waals surface area contributed by atoms with Crippen LogP contribution in [0.15, 0.2) is 97.3 Å². The molecule has 25 heavy (non-hydrogen) atoms. The van der Waals surface area contributed by atoms with Crippen molar-refractivity contribution in [3.05, 3.63) is 97.3 Å². The van der Waals surface area contributed by atoms with Crippen molar-refractivity contribution in [2.45, 2.75) is 0 Å². The van der Waals surface area contributed by atoms with Gasteiger partial charge in [-0.05, 0) is 0 Å². The van der Waals surface area contributed by atoms with Crippen LogP contribution in [0.1, 0.15) is 0 Å². The van der Waals surface area contributed by atoms with E-state index in [1.807, 2.05) is 36.7 Å². The molecule has 2 aromatic carbocycles. The zero-order valence-electron chi connectivity index (χ0n) is 13.5. The molecule has 2 nitrogen and oxygen atoms in total. The molecule has 124 valence electrons. The van der Waals surface area contributed by atoms with Crippen molar-refractivity contribution in [1.29, 1.82) is 0 Å². The maximum atomic E-state index is 4.54. The first-order valence-electron chi connectivity index (χ1n) is 8.03. The Labute approximate surface area is 155 Å². The third-order valence-corrected chi connectivity index (χ3v) is 7.15. The van der Waals surface area contributed by atoms with Gasteiger partial charge in [-0.1, -0.05) is 0 Å². The predicted octanol–water partition coefficient (Wildman–Crippen LogP) is 3.84. The van der Waals surface area contributed by atoms with Gasteiger partial charge in [0.25, 0.3) is 0 Å². The van der Waals surface area contributed by atoms with E-state index in [-0.39, 0.29) is 0 Å². The van der Waals surface area contributed by atoms with Crippen LogP contribution in [0, 0.1) is 0 Å². The van der Waals surface area contributed by atoms with E-state index in [0.29, 0.717) is 0 Å². The first-order chi connectivity index (χ1) is 12.4. The van der Waals surface area contributed by atoms with Crippen molar-refractivity contribution < 1.29 is 17.7 Å². The van der Waals surface area contributed by atoms with Crippen molar-refractivity contribution in [2.75, 3.05) is 0 Å². The van der Waals surface area contributed by atoms with Gasteiger partial charge in [0, 0.05) is 0 Å². The molecule has 4 aromatic rings. The second-order valence-corrected chi connectivity index (χ2v) is 8.60. The van der Waals surface area contributed by atoms with Gasteiger partial charge in [0.15, 0.2) is 0 Å². The number of hydrogen-bond acceptors (Lipinski definition) is 2. The summed E-state index contributed by atoms with van der Waals surface area (Å²) < 4.78 is 2.79. The van der Waals surface area contributed by atoms with E-state index in [2.05, 4.69) is 70.6 Å². The predicted molar refractivity (Wildman–Crippen MR) is 98.6 cm³/mol. The van der Waals surface area contributed by atoms with Gasteiger partial charge in [-0.2, -0.15) is 0 Å². The van der Waals surface area contributed by atoms with Crippen LogP contribution < -0.4 is 8.15 Å². The topological polar surface area (TPSA) is 25.8 Å². The van der Waals surface area contributed by atoms with Gasteiger partial charge < -0.3 is 0 Å². The molecule has 0 aliphatic rings. The average Bonchev–Trinajstić information content (AvgIpc) is 2.70. The van der Waals surface area contributed by atoms with Crippen LogP contribution in [-0.2, 0) is 17.7 Å². The summed E-state index contributed by atoms with van der Waals surface area (Å²) in [5, 5.41) is 0. The zero-order chi connectivity index (χ0) is 16.9. The van der Waals surface area contributed by atoms with E-state index in [1.165, 1.54) is 19.3 Å². The van der Waals surface area contributed by atoms with Gasteiger partial charge in [-0.3, -0.25) is 0 Å². The van der Waals surface area contributed by atoms with Crippen LogP contribution in [0.2, 0.25) is 0 Å². The number of benzene rings is 2. The Morgan fingerprint density at radius 2 is 0.920 bits per heavy atom. The molecule has 3 heteroatoms. The van der Waals surface area contributed by atoms with Gasteiger partial charge in [0.2, 0.25) is 0 Å². The third-order valence-electron chi connectivity index (χ3n) is 3.77. The van der Waals surface area contributed by atoms with E-state index >= 15 is 0 Å². The fraction of sp³-hybridized carbons (Fsp3) is 0. The molecule has 0 saturated carbocycles. The van der Waals surface area contributed by atoms with E-state index in [9.17, 15) is 0 Å². The monoisotopic (exact) mass is 501 g/mol. The summed E-state index contributed by atoms with van der Waals surface area (Å²) in [5.74, 6) is 0. The van der Waals surface area contributed by atoms with E-state index in [0.717, 1.165) is 11.4 Å². The molecule has 0 bridgehead atoms. The number of aromatic nitrogens is 2. The van der Waals surface area contributed by atoms with Crippen molar-refractivity contribution in [3.8, 4) is 22.5 Å². The maximum absolute atomic E-state index is 4.54. The number of nitrogens with zero attached hydrogens (tertiary/aromatic N) is 2. The second kappa shape index (κ2) is 7.52.